The Kier molecular flexibility index (Phi) is 3.20. The molecule has 2 fully saturated rings. The maximum atomic E-state index is 4.38. The molecular weight excluding hydrogens is 248 g/mol. The van der Waals surface area contributed by atoms with Crippen LogP contribution in [0.3, 0.4) is 0 Å². The van der Waals surface area contributed by atoms with Crippen LogP contribution in [0.15, 0.2) is 30.6 Å². The van der Waals surface area contributed by atoms with Gasteiger partial charge in [0, 0.05) is 43.3 Å². The SMILES string of the molecule is c1cc(CN(CC2CCCN2)C2CC2)n2ccnc2c1. The fraction of sp³-hybridized carbons (Fsp3) is 0.562. The molecule has 4 nitrogen and oxygen atoms in total. The average molecular weight is 270 g/mol. The van der Waals surface area contributed by atoms with Crippen molar-refractivity contribution in [2.75, 3.05) is 13.1 Å². The van der Waals surface area contributed by atoms with E-state index >= 15 is 0 Å². The van der Waals surface area contributed by atoms with Gasteiger partial charge in [0.1, 0.15) is 5.65 Å². The van der Waals surface area contributed by atoms with E-state index in [1.54, 1.807) is 0 Å². The zero-order valence-electron chi connectivity index (χ0n) is 11.8. The number of nitrogens with zero attached hydrogens (tertiary/aromatic N) is 3. The van der Waals surface area contributed by atoms with E-state index in [9.17, 15) is 0 Å². The van der Waals surface area contributed by atoms with Gasteiger partial charge in [0.2, 0.25) is 0 Å². The van der Waals surface area contributed by atoms with Gasteiger partial charge in [-0.15, -0.1) is 0 Å². The van der Waals surface area contributed by atoms with Gasteiger partial charge in [-0.1, -0.05) is 6.07 Å². The Balaban J connectivity index is 1.53. The lowest BCUT2D eigenvalue weighted by molar-refractivity contribution is 0.228. The third kappa shape index (κ3) is 2.45. The van der Waals surface area contributed by atoms with Gasteiger partial charge < -0.3 is 9.72 Å². The van der Waals surface area contributed by atoms with Crippen LogP contribution >= 0.6 is 0 Å². The first-order valence-electron chi connectivity index (χ1n) is 7.78. The summed E-state index contributed by atoms with van der Waals surface area (Å²) in [6.07, 6.45) is 9.36. The van der Waals surface area contributed by atoms with E-state index in [1.165, 1.54) is 44.5 Å². The van der Waals surface area contributed by atoms with E-state index in [0.717, 1.165) is 18.2 Å². The van der Waals surface area contributed by atoms with Crippen LogP contribution in [0, 0.1) is 0 Å². The zero-order chi connectivity index (χ0) is 13.4. The standard InChI is InChI=1S/C16H22N4/c1-4-15(20-10-9-18-16(20)5-1)12-19(14-6-7-14)11-13-3-2-8-17-13/h1,4-5,9-10,13-14,17H,2-3,6-8,11-12H2. The highest BCUT2D eigenvalue weighted by Gasteiger charge is 2.31. The first-order valence-corrected chi connectivity index (χ1v) is 7.78. The van der Waals surface area contributed by atoms with Crippen molar-refractivity contribution < 1.29 is 0 Å². The Morgan fingerprint density at radius 1 is 1.30 bits per heavy atom. The molecular formula is C16H22N4. The van der Waals surface area contributed by atoms with Crippen molar-refractivity contribution in [1.82, 2.24) is 19.6 Å². The number of hydrogen-bond acceptors (Lipinski definition) is 3. The summed E-state index contributed by atoms with van der Waals surface area (Å²) in [5, 5.41) is 3.63. The lowest BCUT2D eigenvalue weighted by Crippen LogP contribution is -2.38. The van der Waals surface area contributed by atoms with Crippen molar-refractivity contribution >= 4 is 5.65 Å². The molecule has 2 aromatic heterocycles. The van der Waals surface area contributed by atoms with E-state index < -0.39 is 0 Å². The Hall–Kier alpha value is -1.39. The van der Waals surface area contributed by atoms with Gasteiger partial charge in [0.15, 0.2) is 0 Å². The molecule has 1 saturated heterocycles. The van der Waals surface area contributed by atoms with Gasteiger partial charge >= 0.3 is 0 Å². The number of hydrogen-bond donors (Lipinski definition) is 1. The van der Waals surface area contributed by atoms with Crippen molar-refractivity contribution in [3.8, 4) is 0 Å². The van der Waals surface area contributed by atoms with Gasteiger partial charge in [-0.25, -0.2) is 4.98 Å². The highest BCUT2D eigenvalue weighted by atomic mass is 15.2. The Labute approximate surface area is 119 Å². The Morgan fingerprint density at radius 3 is 3.05 bits per heavy atom. The second kappa shape index (κ2) is 5.19. The molecule has 0 amide bonds. The first kappa shape index (κ1) is 12.4. The van der Waals surface area contributed by atoms with Crippen LogP contribution in [0.5, 0.6) is 0 Å². The summed E-state index contributed by atoms with van der Waals surface area (Å²) in [5.74, 6) is 0. The summed E-state index contributed by atoms with van der Waals surface area (Å²) < 4.78 is 2.22. The third-order valence-corrected chi connectivity index (χ3v) is 4.56. The van der Waals surface area contributed by atoms with E-state index in [1.807, 2.05) is 6.20 Å². The lowest BCUT2D eigenvalue weighted by Gasteiger charge is -2.26. The van der Waals surface area contributed by atoms with Crippen molar-refractivity contribution in [1.29, 1.82) is 0 Å². The van der Waals surface area contributed by atoms with Crippen LogP contribution in [0.25, 0.3) is 5.65 Å². The fourth-order valence-electron chi connectivity index (χ4n) is 3.32. The number of pyridine rings is 1. The minimum atomic E-state index is 0.692. The smallest absolute Gasteiger partial charge is 0.136 e. The van der Waals surface area contributed by atoms with Crippen LogP contribution in [0.2, 0.25) is 0 Å². The maximum absolute atomic E-state index is 4.38. The molecule has 3 heterocycles. The third-order valence-electron chi connectivity index (χ3n) is 4.56. The Bertz CT molecular complexity index is 581. The molecule has 4 heteroatoms. The average Bonchev–Trinajstić information content (AvgIpc) is 2.98. The first-order chi connectivity index (χ1) is 9.90. The fourth-order valence-corrected chi connectivity index (χ4v) is 3.32. The number of fused-ring (bicyclic) bond motifs is 1. The summed E-state index contributed by atoms with van der Waals surface area (Å²) >= 11 is 0. The summed E-state index contributed by atoms with van der Waals surface area (Å²) in [4.78, 5) is 7.05. The lowest BCUT2D eigenvalue weighted by atomic mass is 10.2. The van der Waals surface area contributed by atoms with Crippen molar-refractivity contribution in [3.05, 3.63) is 36.3 Å². The van der Waals surface area contributed by atoms with Gasteiger partial charge in [0.25, 0.3) is 0 Å². The summed E-state index contributed by atoms with van der Waals surface area (Å²) in [7, 11) is 0. The number of nitrogens with one attached hydrogen (secondary N) is 1. The topological polar surface area (TPSA) is 32.6 Å². The highest BCUT2D eigenvalue weighted by Crippen LogP contribution is 2.29. The maximum Gasteiger partial charge on any atom is 0.136 e. The zero-order valence-corrected chi connectivity index (χ0v) is 11.8. The van der Waals surface area contributed by atoms with Crippen LogP contribution in [0.1, 0.15) is 31.4 Å². The predicted molar refractivity (Wildman–Crippen MR) is 79.6 cm³/mol. The van der Waals surface area contributed by atoms with Crippen molar-refractivity contribution in [2.24, 2.45) is 0 Å². The second-order valence-corrected chi connectivity index (χ2v) is 6.13. The van der Waals surface area contributed by atoms with E-state index in [0.29, 0.717) is 6.04 Å². The quantitative estimate of drug-likeness (QED) is 0.902. The van der Waals surface area contributed by atoms with Crippen LogP contribution in [-0.4, -0.2) is 39.5 Å². The van der Waals surface area contributed by atoms with Crippen LogP contribution in [-0.2, 0) is 6.54 Å². The van der Waals surface area contributed by atoms with Crippen LogP contribution in [0.4, 0.5) is 0 Å². The molecule has 1 atom stereocenters. The largest absolute Gasteiger partial charge is 0.313 e. The molecule has 4 rings (SSSR count). The minimum absolute atomic E-state index is 0.692. The molecule has 20 heavy (non-hydrogen) atoms. The molecule has 1 aliphatic carbocycles. The van der Waals surface area contributed by atoms with Gasteiger partial charge in [-0.2, -0.15) is 0 Å². The van der Waals surface area contributed by atoms with Crippen molar-refractivity contribution in [3.63, 3.8) is 0 Å². The van der Waals surface area contributed by atoms with E-state index in [4.69, 9.17) is 0 Å². The molecule has 0 aromatic carbocycles. The number of imidazole rings is 1. The number of rotatable bonds is 5. The van der Waals surface area contributed by atoms with Crippen molar-refractivity contribution in [2.45, 2.75) is 44.3 Å². The van der Waals surface area contributed by atoms with E-state index in [-0.39, 0.29) is 0 Å². The molecule has 1 saturated carbocycles. The molecule has 0 bridgehead atoms. The predicted octanol–water partition coefficient (Wildman–Crippen LogP) is 2.05. The normalized spacial score (nSPS) is 22.9. The molecule has 0 radical (unpaired) electrons. The molecule has 0 spiro atoms. The van der Waals surface area contributed by atoms with Crippen LogP contribution < -0.4 is 5.32 Å². The molecule has 2 aromatic rings. The van der Waals surface area contributed by atoms with Gasteiger partial charge in [-0.3, -0.25) is 4.90 Å². The monoisotopic (exact) mass is 270 g/mol. The summed E-state index contributed by atoms with van der Waals surface area (Å²) in [6, 6.07) is 7.92. The number of aromatic nitrogens is 2. The highest BCUT2D eigenvalue weighted by molar-refractivity contribution is 5.39. The molecule has 1 N–H and O–H groups in total. The summed E-state index contributed by atoms with van der Waals surface area (Å²) in [6.45, 7) is 3.42. The molecule has 1 unspecified atom stereocenters. The molecule has 2 aliphatic rings. The summed E-state index contributed by atoms with van der Waals surface area (Å²) in [5.41, 5.74) is 2.40. The Morgan fingerprint density at radius 2 is 2.25 bits per heavy atom. The molecule has 106 valence electrons. The second-order valence-electron chi connectivity index (χ2n) is 6.13. The van der Waals surface area contributed by atoms with Gasteiger partial charge in [0.05, 0.1) is 0 Å². The minimum Gasteiger partial charge on any atom is -0.313 e. The molecule has 1 aliphatic heterocycles. The van der Waals surface area contributed by atoms with E-state index in [2.05, 4.69) is 44.0 Å². The van der Waals surface area contributed by atoms with Gasteiger partial charge in [-0.05, 0) is 44.4 Å².